The van der Waals surface area contributed by atoms with Crippen molar-refractivity contribution in [3.8, 4) is 5.75 Å². The number of phenols is 1. The third-order valence-electron chi connectivity index (χ3n) is 2.56. The summed E-state index contributed by atoms with van der Waals surface area (Å²) >= 11 is 0. The quantitative estimate of drug-likeness (QED) is 0.493. The highest BCUT2D eigenvalue weighted by molar-refractivity contribution is 7.92. The molecule has 1 heterocycles. The Kier molecular flexibility index (Phi) is 3.34. The molecule has 1 aromatic carbocycles. The molecule has 5 N–H and O–H groups in total. The molecule has 2 rings (SSSR count). The van der Waals surface area contributed by atoms with E-state index in [1.807, 2.05) is 6.92 Å². The zero-order chi connectivity index (χ0) is 14.0. The molecule has 0 radical (unpaired) electrons. The van der Waals surface area contributed by atoms with E-state index < -0.39 is 10.0 Å². The maximum Gasteiger partial charge on any atom is 0.263 e. The van der Waals surface area contributed by atoms with Crippen LogP contribution < -0.4 is 10.5 Å². The van der Waals surface area contributed by atoms with Gasteiger partial charge in [0.25, 0.3) is 10.0 Å². The molecule has 0 saturated heterocycles. The first kappa shape index (κ1) is 13.2. The van der Waals surface area contributed by atoms with Gasteiger partial charge in [0, 0.05) is 11.8 Å². The summed E-state index contributed by atoms with van der Waals surface area (Å²) in [6.07, 6.45) is 0.723. The van der Waals surface area contributed by atoms with Crippen molar-refractivity contribution in [1.82, 2.24) is 10.2 Å². The molecule has 0 atom stereocenters. The van der Waals surface area contributed by atoms with Gasteiger partial charge >= 0.3 is 0 Å². The molecule has 19 heavy (non-hydrogen) atoms. The van der Waals surface area contributed by atoms with Crippen molar-refractivity contribution in [2.45, 2.75) is 18.2 Å². The number of sulfonamides is 1. The van der Waals surface area contributed by atoms with Gasteiger partial charge in [0.15, 0.2) is 5.82 Å². The summed E-state index contributed by atoms with van der Waals surface area (Å²) in [6, 6.07) is 5.29. The molecule has 8 heteroatoms. The monoisotopic (exact) mass is 282 g/mol. The minimum absolute atomic E-state index is 0.000787. The largest absolute Gasteiger partial charge is 0.506 e. The van der Waals surface area contributed by atoms with Gasteiger partial charge < -0.3 is 10.8 Å². The fourth-order valence-corrected chi connectivity index (χ4v) is 2.52. The zero-order valence-electron chi connectivity index (χ0n) is 10.2. The third kappa shape index (κ3) is 2.79. The van der Waals surface area contributed by atoms with Gasteiger partial charge in [0.1, 0.15) is 5.75 Å². The summed E-state index contributed by atoms with van der Waals surface area (Å²) in [4.78, 5) is -0.0381. The number of nitrogens with two attached hydrogens (primary N) is 1. The van der Waals surface area contributed by atoms with Crippen LogP contribution in [0.3, 0.4) is 0 Å². The van der Waals surface area contributed by atoms with E-state index in [1.165, 1.54) is 18.2 Å². The topological polar surface area (TPSA) is 121 Å². The zero-order valence-corrected chi connectivity index (χ0v) is 11.0. The number of aromatic amines is 1. The number of aromatic nitrogens is 2. The number of nitrogen functional groups attached to an aromatic ring is 1. The number of nitrogens with zero attached hydrogens (tertiary/aromatic N) is 1. The summed E-state index contributed by atoms with van der Waals surface area (Å²) in [5.41, 5.74) is 6.29. The van der Waals surface area contributed by atoms with Crippen molar-refractivity contribution in [3.05, 3.63) is 30.0 Å². The number of aromatic hydroxyl groups is 1. The summed E-state index contributed by atoms with van der Waals surface area (Å²) in [6.45, 7) is 1.92. The van der Waals surface area contributed by atoms with Crippen molar-refractivity contribution in [1.29, 1.82) is 0 Å². The molecule has 1 aromatic heterocycles. The van der Waals surface area contributed by atoms with Crippen LogP contribution in [0, 0.1) is 0 Å². The lowest BCUT2D eigenvalue weighted by Gasteiger charge is -2.06. The molecule has 0 unspecified atom stereocenters. The van der Waals surface area contributed by atoms with E-state index >= 15 is 0 Å². The van der Waals surface area contributed by atoms with Crippen molar-refractivity contribution in [2.24, 2.45) is 0 Å². The van der Waals surface area contributed by atoms with Gasteiger partial charge in [-0.05, 0) is 24.6 Å². The first-order valence-electron chi connectivity index (χ1n) is 5.58. The highest BCUT2D eigenvalue weighted by atomic mass is 32.2. The van der Waals surface area contributed by atoms with Crippen LogP contribution in [0.5, 0.6) is 5.75 Å². The number of nitrogens with one attached hydrogen (secondary N) is 2. The summed E-state index contributed by atoms with van der Waals surface area (Å²) in [5.74, 6) is 0.0514. The van der Waals surface area contributed by atoms with E-state index in [1.54, 1.807) is 6.07 Å². The van der Waals surface area contributed by atoms with Gasteiger partial charge in [-0.15, -0.1) is 0 Å². The third-order valence-corrected chi connectivity index (χ3v) is 3.91. The molecule has 7 nitrogen and oxygen atoms in total. The Hall–Kier alpha value is -2.22. The number of H-pyrrole nitrogens is 1. The van der Waals surface area contributed by atoms with Crippen LogP contribution in [0.2, 0.25) is 0 Å². The van der Waals surface area contributed by atoms with Crippen molar-refractivity contribution >= 4 is 21.5 Å². The highest BCUT2D eigenvalue weighted by Crippen LogP contribution is 2.24. The number of anilines is 2. The molecular formula is C11H14N4O3S. The normalized spacial score (nSPS) is 11.4. The maximum atomic E-state index is 12.1. The van der Waals surface area contributed by atoms with Gasteiger partial charge in [-0.3, -0.25) is 9.82 Å². The van der Waals surface area contributed by atoms with Crippen LogP contribution >= 0.6 is 0 Å². The second kappa shape index (κ2) is 4.81. The van der Waals surface area contributed by atoms with Crippen LogP contribution in [0.4, 0.5) is 11.5 Å². The Balaban J connectivity index is 2.29. The molecule has 102 valence electrons. The molecule has 0 spiro atoms. The fourth-order valence-electron chi connectivity index (χ4n) is 1.49. The molecule has 0 aliphatic carbocycles. The standard InChI is InChI=1S/C11H14N4O3S/c1-2-7-5-11(14-13-7)15-19(17,18)8-3-4-10(16)9(12)6-8/h3-6,16H,2,12H2,1H3,(H2,13,14,15). The van der Waals surface area contributed by atoms with Crippen molar-refractivity contribution in [3.63, 3.8) is 0 Å². The lowest BCUT2D eigenvalue weighted by molar-refractivity contribution is 0.477. The summed E-state index contributed by atoms with van der Waals surface area (Å²) in [7, 11) is -3.77. The lowest BCUT2D eigenvalue weighted by atomic mass is 10.3. The Labute approximate surface area is 110 Å². The van der Waals surface area contributed by atoms with Gasteiger partial charge in [-0.2, -0.15) is 5.10 Å². The number of phenolic OH excluding ortho intramolecular Hbond substituents is 1. The Morgan fingerprint density at radius 3 is 2.74 bits per heavy atom. The number of aryl methyl sites for hydroxylation is 1. The van der Waals surface area contributed by atoms with E-state index in [9.17, 15) is 13.5 Å². The van der Waals surface area contributed by atoms with Gasteiger partial charge in [-0.25, -0.2) is 8.42 Å². The van der Waals surface area contributed by atoms with E-state index in [-0.39, 0.29) is 22.2 Å². The predicted octanol–water partition coefficient (Wildman–Crippen LogP) is 1.06. The molecule has 0 fully saturated rings. The predicted molar refractivity (Wildman–Crippen MR) is 71.3 cm³/mol. The van der Waals surface area contributed by atoms with Crippen molar-refractivity contribution < 1.29 is 13.5 Å². The van der Waals surface area contributed by atoms with Crippen LogP contribution in [-0.2, 0) is 16.4 Å². The lowest BCUT2D eigenvalue weighted by Crippen LogP contribution is -2.13. The average Bonchev–Trinajstić information content (AvgIpc) is 2.79. The van der Waals surface area contributed by atoms with Gasteiger partial charge in [0.05, 0.1) is 10.6 Å². The number of hydrogen-bond acceptors (Lipinski definition) is 5. The van der Waals surface area contributed by atoms with Crippen LogP contribution in [-0.4, -0.2) is 23.7 Å². The minimum Gasteiger partial charge on any atom is -0.506 e. The second-order valence-corrected chi connectivity index (χ2v) is 5.64. The Bertz CT molecular complexity index is 694. The smallest absolute Gasteiger partial charge is 0.263 e. The Morgan fingerprint density at radius 1 is 1.42 bits per heavy atom. The molecular weight excluding hydrogens is 268 g/mol. The first-order chi connectivity index (χ1) is 8.92. The second-order valence-electron chi connectivity index (χ2n) is 3.96. The van der Waals surface area contributed by atoms with Crippen LogP contribution in [0.15, 0.2) is 29.2 Å². The number of benzene rings is 1. The Morgan fingerprint density at radius 2 is 2.16 bits per heavy atom. The van der Waals surface area contributed by atoms with E-state index in [0.717, 1.165) is 12.1 Å². The van der Waals surface area contributed by atoms with Gasteiger partial charge in [-0.1, -0.05) is 6.92 Å². The molecule has 2 aromatic rings. The summed E-state index contributed by atoms with van der Waals surface area (Å²) < 4.78 is 26.4. The fraction of sp³-hybridized carbons (Fsp3) is 0.182. The highest BCUT2D eigenvalue weighted by Gasteiger charge is 2.16. The molecule has 0 aliphatic rings. The molecule has 0 bridgehead atoms. The van der Waals surface area contributed by atoms with E-state index in [2.05, 4.69) is 14.9 Å². The van der Waals surface area contributed by atoms with Gasteiger partial charge in [0.2, 0.25) is 0 Å². The van der Waals surface area contributed by atoms with Crippen LogP contribution in [0.25, 0.3) is 0 Å². The molecule has 0 aliphatic heterocycles. The average molecular weight is 282 g/mol. The molecule has 0 amide bonds. The molecule has 0 saturated carbocycles. The van der Waals surface area contributed by atoms with Crippen LogP contribution in [0.1, 0.15) is 12.6 Å². The van der Waals surface area contributed by atoms with Crippen molar-refractivity contribution in [2.75, 3.05) is 10.5 Å². The summed E-state index contributed by atoms with van der Waals surface area (Å²) in [5, 5.41) is 15.8. The SMILES string of the molecule is CCc1cc(NS(=O)(=O)c2ccc(O)c(N)c2)n[nH]1. The first-order valence-corrected chi connectivity index (χ1v) is 7.06. The number of hydrogen-bond donors (Lipinski definition) is 4. The van der Waals surface area contributed by atoms with E-state index in [0.29, 0.717) is 0 Å². The number of rotatable bonds is 4. The minimum atomic E-state index is -3.77. The van der Waals surface area contributed by atoms with E-state index in [4.69, 9.17) is 5.73 Å². The maximum absolute atomic E-state index is 12.1.